The predicted molar refractivity (Wildman–Crippen MR) is 66.9 cm³/mol. The van der Waals surface area contributed by atoms with Gasteiger partial charge in [-0.3, -0.25) is 0 Å². The van der Waals surface area contributed by atoms with E-state index in [0.717, 1.165) is 25.7 Å². The molecule has 1 saturated carbocycles. The Morgan fingerprint density at radius 2 is 1.78 bits per heavy atom. The van der Waals surface area contributed by atoms with E-state index in [1.54, 1.807) is 12.1 Å². The Morgan fingerprint density at radius 1 is 1.11 bits per heavy atom. The van der Waals surface area contributed by atoms with E-state index in [-0.39, 0.29) is 11.6 Å². The lowest BCUT2D eigenvalue weighted by Crippen LogP contribution is -2.39. The van der Waals surface area contributed by atoms with Gasteiger partial charge >= 0.3 is 0 Å². The molecule has 0 radical (unpaired) electrons. The van der Waals surface area contributed by atoms with Gasteiger partial charge in [-0.1, -0.05) is 12.1 Å². The number of anilines is 1. The van der Waals surface area contributed by atoms with E-state index in [9.17, 15) is 4.39 Å². The van der Waals surface area contributed by atoms with E-state index >= 15 is 0 Å². The SMILES string of the molecule is Fc1ccccc1NC1CCC2(CC1)OCCO2. The topological polar surface area (TPSA) is 30.5 Å². The third-order valence-corrected chi connectivity index (χ3v) is 3.79. The van der Waals surface area contributed by atoms with Gasteiger partial charge in [-0.2, -0.15) is 0 Å². The molecule has 98 valence electrons. The number of hydrogen-bond donors (Lipinski definition) is 1. The van der Waals surface area contributed by atoms with Crippen molar-refractivity contribution in [1.29, 1.82) is 0 Å². The van der Waals surface area contributed by atoms with Gasteiger partial charge in [0.2, 0.25) is 0 Å². The molecule has 1 aliphatic carbocycles. The van der Waals surface area contributed by atoms with Crippen LogP contribution in [0.15, 0.2) is 24.3 Å². The molecule has 3 rings (SSSR count). The average Bonchev–Trinajstić information content (AvgIpc) is 2.84. The van der Waals surface area contributed by atoms with Crippen LogP contribution in [0.5, 0.6) is 0 Å². The van der Waals surface area contributed by atoms with Crippen LogP contribution in [0.25, 0.3) is 0 Å². The summed E-state index contributed by atoms with van der Waals surface area (Å²) in [5.74, 6) is -0.529. The molecule has 0 atom stereocenters. The normalized spacial score (nSPS) is 23.4. The highest BCUT2D eigenvalue weighted by atomic mass is 19.1. The van der Waals surface area contributed by atoms with Crippen LogP contribution in [0.3, 0.4) is 0 Å². The number of halogens is 1. The Balaban J connectivity index is 1.59. The van der Waals surface area contributed by atoms with Crippen molar-refractivity contribution in [2.75, 3.05) is 18.5 Å². The molecular weight excluding hydrogens is 233 g/mol. The van der Waals surface area contributed by atoms with Crippen molar-refractivity contribution < 1.29 is 13.9 Å². The zero-order valence-corrected chi connectivity index (χ0v) is 10.3. The van der Waals surface area contributed by atoms with Crippen LogP contribution >= 0.6 is 0 Å². The minimum atomic E-state index is -0.340. The van der Waals surface area contributed by atoms with E-state index < -0.39 is 0 Å². The quantitative estimate of drug-likeness (QED) is 0.876. The maximum atomic E-state index is 13.5. The van der Waals surface area contributed by atoms with Gasteiger partial charge in [0.05, 0.1) is 18.9 Å². The van der Waals surface area contributed by atoms with Gasteiger partial charge in [0, 0.05) is 18.9 Å². The standard InChI is InChI=1S/C14H18FNO2/c15-12-3-1-2-4-13(12)16-11-5-7-14(8-6-11)17-9-10-18-14/h1-4,11,16H,5-10H2. The lowest BCUT2D eigenvalue weighted by atomic mass is 9.90. The summed E-state index contributed by atoms with van der Waals surface area (Å²) in [6.45, 7) is 1.40. The number of hydrogen-bond acceptors (Lipinski definition) is 3. The minimum absolute atomic E-state index is 0.189. The molecule has 0 amide bonds. The number of rotatable bonds is 2. The summed E-state index contributed by atoms with van der Waals surface area (Å²) in [5.41, 5.74) is 0.590. The van der Waals surface area contributed by atoms with Gasteiger partial charge < -0.3 is 14.8 Å². The third kappa shape index (κ3) is 2.35. The molecule has 18 heavy (non-hydrogen) atoms. The molecule has 1 saturated heterocycles. The first-order chi connectivity index (χ1) is 8.77. The molecule has 1 heterocycles. The van der Waals surface area contributed by atoms with Crippen LogP contribution in [0.4, 0.5) is 10.1 Å². The number of benzene rings is 1. The summed E-state index contributed by atoms with van der Waals surface area (Å²) in [7, 11) is 0. The van der Waals surface area contributed by atoms with Crippen molar-refractivity contribution in [2.45, 2.75) is 37.5 Å². The van der Waals surface area contributed by atoms with Crippen LogP contribution in [0, 0.1) is 5.82 Å². The molecule has 1 aliphatic heterocycles. The largest absolute Gasteiger partial charge is 0.380 e. The maximum absolute atomic E-state index is 13.5. The summed E-state index contributed by atoms with van der Waals surface area (Å²) in [6.07, 6.45) is 3.68. The highest BCUT2D eigenvalue weighted by molar-refractivity contribution is 5.45. The Kier molecular flexibility index (Phi) is 3.22. The van der Waals surface area contributed by atoms with Crippen molar-refractivity contribution in [3.05, 3.63) is 30.1 Å². The van der Waals surface area contributed by atoms with Crippen molar-refractivity contribution in [1.82, 2.24) is 0 Å². The fraction of sp³-hybridized carbons (Fsp3) is 0.571. The third-order valence-electron chi connectivity index (χ3n) is 3.79. The van der Waals surface area contributed by atoms with E-state index in [1.807, 2.05) is 6.07 Å². The summed E-state index contributed by atoms with van der Waals surface area (Å²) >= 11 is 0. The van der Waals surface area contributed by atoms with Gasteiger partial charge in [-0.15, -0.1) is 0 Å². The van der Waals surface area contributed by atoms with Crippen molar-refractivity contribution in [2.24, 2.45) is 0 Å². The second kappa shape index (κ2) is 4.86. The van der Waals surface area contributed by atoms with Crippen molar-refractivity contribution >= 4 is 5.69 Å². The second-order valence-corrected chi connectivity index (χ2v) is 5.01. The smallest absolute Gasteiger partial charge is 0.168 e. The molecule has 0 bridgehead atoms. The highest BCUT2D eigenvalue weighted by Crippen LogP contribution is 2.36. The number of para-hydroxylation sites is 1. The highest BCUT2D eigenvalue weighted by Gasteiger charge is 2.40. The molecule has 0 aromatic heterocycles. The zero-order valence-electron chi connectivity index (χ0n) is 10.3. The van der Waals surface area contributed by atoms with E-state index in [2.05, 4.69) is 5.32 Å². The zero-order chi connectivity index (χ0) is 12.4. The molecule has 1 N–H and O–H groups in total. The van der Waals surface area contributed by atoms with E-state index in [4.69, 9.17) is 9.47 Å². The fourth-order valence-corrected chi connectivity index (χ4v) is 2.79. The molecule has 4 heteroatoms. The van der Waals surface area contributed by atoms with E-state index in [1.165, 1.54) is 6.07 Å². The van der Waals surface area contributed by atoms with Crippen molar-refractivity contribution in [3.63, 3.8) is 0 Å². The minimum Gasteiger partial charge on any atom is -0.380 e. The first kappa shape index (κ1) is 11.9. The molecule has 2 fully saturated rings. The van der Waals surface area contributed by atoms with Gasteiger partial charge in [0.25, 0.3) is 0 Å². The number of nitrogens with one attached hydrogen (secondary N) is 1. The maximum Gasteiger partial charge on any atom is 0.168 e. The van der Waals surface area contributed by atoms with Crippen molar-refractivity contribution in [3.8, 4) is 0 Å². The second-order valence-electron chi connectivity index (χ2n) is 5.01. The van der Waals surface area contributed by atoms with Crippen LogP contribution < -0.4 is 5.32 Å². The predicted octanol–water partition coefficient (Wildman–Crippen LogP) is 2.92. The fourth-order valence-electron chi connectivity index (χ4n) is 2.79. The van der Waals surface area contributed by atoms with Crippen LogP contribution in [0.2, 0.25) is 0 Å². The monoisotopic (exact) mass is 251 g/mol. The first-order valence-corrected chi connectivity index (χ1v) is 6.56. The Hall–Kier alpha value is -1.13. The summed E-state index contributed by atoms with van der Waals surface area (Å²) in [4.78, 5) is 0. The van der Waals surface area contributed by atoms with Crippen LogP contribution in [-0.2, 0) is 9.47 Å². The van der Waals surface area contributed by atoms with Gasteiger partial charge in [0.15, 0.2) is 5.79 Å². The Morgan fingerprint density at radius 3 is 2.44 bits per heavy atom. The summed E-state index contributed by atoms with van der Waals surface area (Å²) in [5, 5.41) is 3.27. The number of ether oxygens (including phenoxy) is 2. The molecule has 1 aromatic carbocycles. The van der Waals surface area contributed by atoms with Gasteiger partial charge in [0.1, 0.15) is 5.82 Å². The van der Waals surface area contributed by atoms with Gasteiger partial charge in [-0.25, -0.2) is 4.39 Å². The summed E-state index contributed by atoms with van der Waals surface area (Å²) in [6, 6.07) is 7.12. The lowest BCUT2D eigenvalue weighted by molar-refractivity contribution is -0.177. The van der Waals surface area contributed by atoms with Crippen LogP contribution in [-0.4, -0.2) is 25.0 Å². The Labute approximate surface area is 106 Å². The molecule has 2 aliphatic rings. The first-order valence-electron chi connectivity index (χ1n) is 6.56. The average molecular weight is 251 g/mol. The lowest BCUT2D eigenvalue weighted by Gasteiger charge is -2.36. The molecular formula is C14H18FNO2. The summed E-state index contributed by atoms with van der Waals surface area (Å²) < 4.78 is 24.9. The molecule has 1 aromatic rings. The Bertz CT molecular complexity index is 408. The van der Waals surface area contributed by atoms with E-state index in [0.29, 0.717) is 24.9 Å². The molecule has 3 nitrogen and oxygen atoms in total. The molecule has 0 unspecified atom stereocenters. The molecule has 1 spiro atoms. The van der Waals surface area contributed by atoms with Gasteiger partial charge in [-0.05, 0) is 25.0 Å². The van der Waals surface area contributed by atoms with Crippen LogP contribution in [0.1, 0.15) is 25.7 Å².